The Labute approximate surface area is 135 Å². The second-order valence-corrected chi connectivity index (χ2v) is 6.73. The Balaban J connectivity index is 1.65. The van der Waals surface area contributed by atoms with Crippen LogP contribution in [-0.2, 0) is 4.79 Å². The number of likely N-dealkylation sites (N-methyl/N-ethyl adjacent to an activating group) is 1. The highest BCUT2D eigenvalue weighted by Crippen LogP contribution is 2.33. The molecule has 1 aromatic rings. The van der Waals surface area contributed by atoms with E-state index in [2.05, 4.69) is 15.5 Å². The summed E-state index contributed by atoms with van der Waals surface area (Å²) >= 11 is 0. The zero-order valence-corrected chi connectivity index (χ0v) is 13.4. The van der Waals surface area contributed by atoms with Crippen molar-refractivity contribution in [1.29, 1.82) is 0 Å². The Morgan fingerprint density at radius 2 is 2.09 bits per heavy atom. The van der Waals surface area contributed by atoms with Crippen LogP contribution in [-0.4, -0.2) is 57.8 Å². The van der Waals surface area contributed by atoms with Crippen LogP contribution in [0, 0.1) is 0 Å². The molecule has 2 aliphatic rings. The summed E-state index contributed by atoms with van der Waals surface area (Å²) in [5.41, 5.74) is 1.54. The molecule has 1 amide bonds. The first-order chi connectivity index (χ1) is 11.1. The van der Waals surface area contributed by atoms with Crippen LogP contribution < -0.4 is 5.32 Å². The van der Waals surface area contributed by atoms with E-state index in [1.165, 1.54) is 19.3 Å². The van der Waals surface area contributed by atoms with Crippen molar-refractivity contribution in [3.63, 3.8) is 0 Å². The topological polar surface area (TPSA) is 98.3 Å². The Morgan fingerprint density at radius 3 is 2.74 bits per heavy atom. The van der Waals surface area contributed by atoms with Gasteiger partial charge in [0.25, 0.3) is 5.91 Å². The van der Waals surface area contributed by atoms with Gasteiger partial charge in [0, 0.05) is 18.5 Å². The molecule has 0 bridgehead atoms. The number of aromatic amines is 1. The molecule has 0 aromatic carbocycles. The second kappa shape index (κ2) is 6.70. The van der Waals surface area contributed by atoms with E-state index in [9.17, 15) is 9.59 Å². The Bertz CT molecular complexity index is 580. The van der Waals surface area contributed by atoms with Crippen molar-refractivity contribution >= 4 is 11.9 Å². The van der Waals surface area contributed by atoms with Gasteiger partial charge in [-0.05, 0) is 26.3 Å². The van der Waals surface area contributed by atoms with Gasteiger partial charge in [-0.3, -0.25) is 19.6 Å². The number of nitrogens with one attached hydrogen (secondary N) is 2. The van der Waals surface area contributed by atoms with Gasteiger partial charge in [-0.15, -0.1) is 0 Å². The second-order valence-electron chi connectivity index (χ2n) is 6.73. The largest absolute Gasteiger partial charge is 0.480 e. The molecule has 1 saturated carbocycles. The fourth-order valence-electron chi connectivity index (χ4n) is 3.84. The van der Waals surface area contributed by atoms with E-state index in [1.807, 2.05) is 0 Å². The number of hydrogen-bond acceptors (Lipinski definition) is 4. The SMILES string of the molecule is CN1C[C@@H](NC(=O)c2cn[nH]c2C2CCCCC2)C[C@H]1C(=O)O. The molecule has 2 heterocycles. The molecule has 23 heavy (non-hydrogen) atoms. The highest BCUT2D eigenvalue weighted by molar-refractivity contribution is 5.95. The van der Waals surface area contributed by atoms with Crippen LogP contribution >= 0.6 is 0 Å². The third-order valence-electron chi connectivity index (χ3n) is 5.10. The summed E-state index contributed by atoms with van der Waals surface area (Å²) in [6, 6.07) is -0.662. The Morgan fingerprint density at radius 1 is 1.35 bits per heavy atom. The average molecular weight is 320 g/mol. The number of carbonyl (C=O) groups excluding carboxylic acids is 1. The minimum atomic E-state index is -0.838. The first-order valence-corrected chi connectivity index (χ1v) is 8.33. The summed E-state index contributed by atoms with van der Waals surface area (Å²) in [7, 11) is 1.77. The molecule has 1 aliphatic carbocycles. The van der Waals surface area contributed by atoms with E-state index in [0.717, 1.165) is 18.5 Å². The lowest BCUT2D eigenvalue weighted by atomic mass is 9.85. The average Bonchev–Trinajstić information content (AvgIpc) is 3.15. The fraction of sp³-hybridized carbons (Fsp3) is 0.688. The van der Waals surface area contributed by atoms with Crippen molar-refractivity contribution in [2.75, 3.05) is 13.6 Å². The number of aliphatic carboxylic acids is 1. The Hall–Kier alpha value is -1.89. The number of carboxylic acids is 1. The van der Waals surface area contributed by atoms with E-state index in [0.29, 0.717) is 24.4 Å². The number of rotatable bonds is 4. The van der Waals surface area contributed by atoms with Gasteiger partial charge in [-0.2, -0.15) is 5.10 Å². The summed E-state index contributed by atoms with van der Waals surface area (Å²) in [5, 5.41) is 19.2. The monoisotopic (exact) mass is 320 g/mol. The molecule has 0 unspecified atom stereocenters. The summed E-state index contributed by atoms with van der Waals surface area (Å²) in [6.45, 7) is 0.555. The first kappa shape index (κ1) is 16.0. The van der Waals surface area contributed by atoms with Crippen LogP contribution in [0.15, 0.2) is 6.20 Å². The van der Waals surface area contributed by atoms with Crippen LogP contribution in [0.4, 0.5) is 0 Å². The van der Waals surface area contributed by atoms with Crippen molar-refractivity contribution in [3.05, 3.63) is 17.5 Å². The fourth-order valence-corrected chi connectivity index (χ4v) is 3.84. The quantitative estimate of drug-likeness (QED) is 0.778. The molecule has 1 aromatic heterocycles. The third-order valence-corrected chi connectivity index (χ3v) is 5.10. The molecular formula is C16H24N4O3. The maximum absolute atomic E-state index is 12.6. The van der Waals surface area contributed by atoms with Crippen molar-refractivity contribution in [3.8, 4) is 0 Å². The normalized spacial score (nSPS) is 26.3. The molecule has 7 heteroatoms. The first-order valence-electron chi connectivity index (χ1n) is 8.33. The maximum atomic E-state index is 12.6. The van der Waals surface area contributed by atoms with Gasteiger partial charge in [-0.1, -0.05) is 19.3 Å². The molecule has 0 radical (unpaired) electrons. The van der Waals surface area contributed by atoms with E-state index in [1.54, 1.807) is 18.1 Å². The number of carbonyl (C=O) groups is 2. The third kappa shape index (κ3) is 3.39. The van der Waals surface area contributed by atoms with Crippen molar-refractivity contribution in [2.45, 2.75) is 56.5 Å². The van der Waals surface area contributed by atoms with E-state index >= 15 is 0 Å². The number of amides is 1. The van der Waals surface area contributed by atoms with Crippen LogP contribution in [0.25, 0.3) is 0 Å². The highest BCUT2D eigenvalue weighted by atomic mass is 16.4. The molecular weight excluding hydrogens is 296 g/mol. The van der Waals surface area contributed by atoms with Gasteiger partial charge < -0.3 is 10.4 Å². The molecule has 3 N–H and O–H groups in total. The van der Waals surface area contributed by atoms with Gasteiger partial charge in [-0.25, -0.2) is 0 Å². The van der Waals surface area contributed by atoms with Crippen LogP contribution in [0.2, 0.25) is 0 Å². The molecule has 2 fully saturated rings. The molecule has 7 nitrogen and oxygen atoms in total. The van der Waals surface area contributed by atoms with Crippen LogP contribution in [0.1, 0.15) is 60.5 Å². The lowest BCUT2D eigenvalue weighted by Gasteiger charge is -2.21. The van der Waals surface area contributed by atoms with Crippen molar-refractivity contribution in [1.82, 2.24) is 20.4 Å². The predicted molar refractivity (Wildman–Crippen MR) is 84.3 cm³/mol. The number of carboxylic acid groups (broad SMARTS) is 1. The lowest BCUT2D eigenvalue weighted by Crippen LogP contribution is -2.36. The van der Waals surface area contributed by atoms with E-state index in [4.69, 9.17) is 5.11 Å². The van der Waals surface area contributed by atoms with Gasteiger partial charge in [0.05, 0.1) is 17.5 Å². The minimum absolute atomic E-state index is 0.136. The summed E-state index contributed by atoms with van der Waals surface area (Å²) in [6.07, 6.45) is 7.86. The number of H-pyrrole nitrogens is 1. The maximum Gasteiger partial charge on any atom is 0.320 e. The zero-order valence-electron chi connectivity index (χ0n) is 13.4. The number of aromatic nitrogens is 2. The number of nitrogens with zero attached hydrogens (tertiary/aromatic N) is 2. The van der Waals surface area contributed by atoms with Crippen molar-refractivity contribution in [2.24, 2.45) is 0 Å². The minimum Gasteiger partial charge on any atom is -0.480 e. The van der Waals surface area contributed by atoms with Gasteiger partial charge in [0.15, 0.2) is 0 Å². The molecule has 3 rings (SSSR count). The standard InChI is InChI=1S/C16H24N4O3/c1-20-9-11(7-13(20)16(22)23)18-15(21)12-8-17-19-14(12)10-5-3-2-4-6-10/h8,10-11,13H,2-7,9H2,1H3,(H,17,19)(H,18,21)(H,22,23)/t11-,13-/m0/s1. The smallest absolute Gasteiger partial charge is 0.320 e. The summed E-state index contributed by atoms with van der Waals surface area (Å²) in [4.78, 5) is 25.5. The highest BCUT2D eigenvalue weighted by Gasteiger charge is 2.35. The molecule has 126 valence electrons. The van der Waals surface area contributed by atoms with Gasteiger partial charge in [0.1, 0.15) is 6.04 Å². The predicted octanol–water partition coefficient (Wildman–Crippen LogP) is 1.34. The molecule has 1 saturated heterocycles. The number of likely N-dealkylation sites (tertiary alicyclic amines) is 1. The van der Waals surface area contributed by atoms with Crippen LogP contribution in [0.5, 0.6) is 0 Å². The number of hydrogen-bond donors (Lipinski definition) is 3. The molecule has 0 spiro atoms. The van der Waals surface area contributed by atoms with Crippen molar-refractivity contribution < 1.29 is 14.7 Å². The van der Waals surface area contributed by atoms with Gasteiger partial charge >= 0.3 is 5.97 Å². The molecule has 1 aliphatic heterocycles. The van der Waals surface area contributed by atoms with Crippen LogP contribution in [0.3, 0.4) is 0 Å². The summed E-state index contributed by atoms with van der Waals surface area (Å²) < 4.78 is 0. The molecule has 2 atom stereocenters. The summed E-state index contributed by atoms with van der Waals surface area (Å²) in [5.74, 6) is -0.607. The zero-order chi connectivity index (χ0) is 16.4. The lowest BCUT2D eigenvalue weighted by molar-refractivity contribution is -0.141. The van der Waals surface area contributed by atoms with E-state index < -0.39 is 12.0 Å². The van der Waals surface area contributed by atoms with Gasteiger partial charge in [0.2, 0.25) is 0 Å². The Kier molecular flexibility index (Phi) is 4.66. The van der Waals surface area contributed by atoms with E-state index in [-0.39, 0.29) is 11.9 Å².